The number of nitrogens with zero attached hydrogens (tertiary/aromatic N) is 3. The van der Waals surface area contributed by atoms with Crippen molar-refractivity contribution in [3.8, 4) is 18.2 Å². The van der Waals surface area contributed by atoms with Crippen LogP contribution in [0.1, 0.15) is 30.4 Å². The molecule has 258 valence electrons. The van der Waals surface area contributed by atoms with Gasteiger partial charge in [-0.1, -0.05) is 60.3 Å². The molecule has 0 radical (unpaired) electrons. The summed E-state index contributed by atoms with van der Waals surface area (Å²) in [7, 11) is 0. The van der Waals surface area contributed by atoms with E-state index in [1.54, 1.807) is 17.8 Å². The summed E-state index contributed by atoms with van der Waals surface area (Å²) in [4.78, 5) is 4.03. The van der Waals surface area contributed by atoms with Crippen LogP contribution >= 0.6 is 36.2 Å². The van der Waals surface area contributed by atoms with Crippen molar-refractivity contribution in [2.24, 2.45) is 5.92 Å². The molecule has 2 aliphatic rings. The number of nitrogen functional groups attached to an aromatic ring is 2. The first-order valence-electron chi connectivity index (χ1n) is 15.7. The zero-order valence-electron chi connectivity index (χ0n) is 27.1. The number of benzene rings is 5. The Morgan fingerprint density at radius 3 is 2.02 bits per heavy atom. The summed E-state index contributed by atoms with van der Waals surface area (Å²) in [6, 6.07) is 38.2. The van der Waals surface area contributed by atoms with Crippen LogP contribution in [-0.4, -0.2) is 11.4 Å². The van der Waals surface area contributed by atoms with Gasteiger partial charge < -0.3 is 16.8 Å². The third-order valence-electron chi connectivity index (χ3n) is 7.62. The number of alkyl halides is 1. The van der Waals surface area contributed by atoms with Crippen molar-refractivity contribution in [2.45, 2.75) is 50.3 Å². The maximum absolute atomic E-state index is 13.9. The summed E-state index contributed by atoms with van der Waals surface area (Å²) in [5, 5.41) is 29.3. The highest BCUT2D eigenvalue weighted by atomic mass is 32.2. The van der Waals surface area contributed by atoms with Gasteiger partial charge in [-0.15, -0.1) is 24.4 Å². The highest BCUT2D eigenvalue weighted by Gasteiger charge is 2.34. The smallest absolute Gasteiger partial charge is 0.176 e. The van der Waals surface area contributed by atoms with Crippen molar-refractivity contribution in [2.75, 3.05) is 16.8 Å². The van der Waals surface area contributed by atoms with Gasteiger partial charge in [0, 0.05) is 31.0 Å². The van der Waals surface area contributed by atoms with Gasteiger partial charge in [0.2, 0.25) is 0 Å². The number of thiol groups is 1. The van der Waals surface area contributed by atoms with E-state index in [2.05, 4.69) is 36.2 Å². The quantitative estimate of drug-likeness (QED) is 0.102. The number of rotatable bonds is 2. The van der Waals surface area contributed by atoms with Crippen LogP contribution in [-0.2, 0) is 0 Å². The van der Waals surface area contributed by atoms with Gasteiger partial charge in [0.05, 0.1) is 39.7 Å². The number of nitrogens with one attached hydrogen (secondary N) is 1. The molecule has 1 heterocycles. The fraction of sp³-hybridized carbons (Fsp3) is 0.154. The molecule has 0 bridgehead atoms. The predicted molar refractivity (Wildman–Crippen MR) is 203 cm³/mol. The number of nitriles is 3. The maximum atomic E-state index is 13.9. The van der Waals surface area contributed by atoms with Gasteiger partial charge in [0.1, 0.15) is 18.3 Å². The van der Waals surface area contributed by atoms with E-state index in [4.69, 9.17) is 27.3 Å². The minimum atomic E-state index is -1.08. The van der Waals surface area contributed by atoms with Crippen LogP contribution in [0.3, 0.4) is 0 Å². The number of halogens is 3. The molecule has 3 unspecified atom stereocenters. The molecule has 3 atom stereocenters. The lowest BCUT2D eigenvalue weighted by atomic mass is 9.88. The van der Waals surface area contributed by atoms with Crippen LogP contribution < -0.4 is 16.8 Å². The van der Waals surface area contributed by atoms with Crippen molar-refractivity contribution in [3.05, 3.63) is 132 Å². The van der Waals surface area contributed by atoms with Crippen LogP contribution in [0.5, 0.6) is 0 Å². The molecule has 1 saturated carbocycles. The summed E-state index contributed by atoms with van der Waals surface area (Å²) in [5.74, 6) is -2.27. The lowest BCUT2D eigenvalue weighted by molar-refractivity contribution is 0.233. The van der Waals surface area contributed by atoms with E-state index in [-0.39, 0.29) is 16.7 Å². The molecule has 0 saturated heterocycles. The Labute approximate surface area is 309 Å². The second kappa shape index (κ2) is 19.3. The van der Waals surface area contributed by atoms with Crippen molar-refractivity contribution in [1.82, 2.24) is 0 Å². The summed E-state index contributed by atoms with van der Waals surface area (Å²) in [5.41, 5.74) is 15.1. The summed E-state index contributed by atoms with van der Waals surface area (Å²) in [6.07, 6.45) is 1.25. The zero-order chi connectivity index (χ0) is 36.8. The maximum Gasteiger partial charge on any atom is 0.176 e. The first-order chi connectivity index (χ1) is 24.7. The molecule has 0 spiro atoms. The molecule has 5 aromatic rings. The van der Waals surface area contributed by atoms with Gasteiger partial charge >= 0.3 is 0 Å². The van der Waals surface area contributed by atoms with Gasteiger partial charge in [-0.2, -0.15) is 15.8 Å². The molecule has 51 heavy (non-hydrogen) atoms. The molecular formula is C39H33F3N6S3. The Hall–Kier alpha value is -5.19. The number of para-hydroxylation sites is 4. The van der Waals surface area contributed by atoms with Crippen LogP contribution in [0.15, 0.2) is 129 Å². The fourth-order valence-corrected chi connectivity index (χ4v) is 7.45. The van der Waals surface area contributed by atoms with Crippen molar-refractivity contribution in [1.29, 1.82) is 15.8 Å². The van der Waals surface area contributed by atoms with E-state index in [0.29, 0.717) is 17.7 Å². The first-order valence-corrected chi connectivity index (χ1v) is 17.8. The van der Waals surface area contributed by atoms with Gasteiger partial charge in [0.15, 0.2) is 11.6 Å². The minimum absolute atomic E-state index is 0.205. The van der Waals surface area contributed by atoms with E-state index < -0.39 is 17.8 Å². The molecule has 5 aromatic carbocycles. The van der Waals surface area contributed by atoms with E-state index in [0.717, 1.165) is 50.7 Å². The standard InChI is InChI=1S/C13H15FN2S.C13H8N2S.C7H3F2N.C6H7NS/c14-10-5-3-4-9(8-15)13(10)17-12-7-2-1-6-11(12)16;14-8-9-4-3-7-12-13(9)15-10-5-1-2-6-11(10)16-12;8-6-3-1-2-5(4-10)7(6)9;7-5-3-1-2-4-6(5)8/h1-2,6-7,9-10,13H,3-5,16H2;1-7,15H;1-3H;1-4,8H,7H2. The monoisotopic (exact) mass is 738 g/mol. The molecule has 5 N–H and O–H groups in total. The largest absolute Gasteiger partial charge is 0.398 e. The molecule has 7 rings (SSSR count). The molecule has 0 amide bonds. The molecule has 1 aliphatic heterocycles. The Bertz CT molecular complexity index is 2050. The van der Waals surface area contributed by atoms with Gasteiger partial charge in [-0.05, 0) is 79.9 Å². The number of fused-ring (bicyclic) bond motifs is 2. The molecule has 12 heteroatoms. The van der Waals surface area contributed by atoms with E-state index in [1.165, 1.54) is 34.9 Å². The second-order valence-electron chi connectivity index (χ2n) is 11.1. The highest BCUT2D eigenvalue weighted by molar-refractivity contribution is 8.00. The second-order valence-corrected chi connectivity index (χ2v) is 13.9. The molecule has 6 nitrogen and oxygen atoms in total. The number of hydrogen-bond donors (Lipinski definition) is 4. The minimum Gasteiger partial charge on any atom is -0.398 e. The van der Waals surface area contributed by atoms with Crippen LogP contribution in [0.25, 0.3) is 0 Å². The average Bonchev–Trinajstić information content (AvgIpc) is 3.15. The average molecular weight is 739 g/mol. The molecule has 1 fully saturated rings. The van der Waals surface area contributed by atoms with E-state index >= 15 is 0 Å². The van der Waals surface area contributed by atoms with Crippen LogP contribution in [0, 0.1) is 51.5 Å². The number of hydrogen-bond acceptors (Lipinski definition) is 9. The molecule has 0 aromatic heterocycles. The Kier molecular flexibility index (Phi) is 14.6. The van der Waals surface area contributed by atoms with Crippen molar-refractivity contribution in [3.63, 3.8) is 0 Å². The van der Waals surface area contributed by atoms with Crippen molar-refractivity contribution >= 4 is 58.9 Å². The molecule has 1 aliphatic carbocycles. The number of anilines is 4. The predicted octanol–water partition coefficient (Wildman–Crippen LogP) is 10.6. The third-order valence-corrected chi connectivity index (χ3v) is 10.7. The van der Waals surface area contributed by atoms with E-state index in [1.807, 2.05) is 78.9 Å². The third kappa shape index (κ3) is 10.7. The fourth-order valence-electron chi connectivity index (χ4n) is 4.97. The SMILES string of the molecule is N#CC1CCCC(F)C1Sc1ccccc1N.N#Cc1cccc(F)c1F.N#Cc1cccc2c1Nc1ccccc1S2.Nc1ccccc1S. The van der Waals surface area contributed by atoms with Gasteiger partial charge in [-0.3, -0.25) is 0 Å². The lowest BCUT2D eigenvalue weighted by Gasteiger charge is -2.29. The summed E-state index contributed by atoms with van der Waals surface area (Å²) < 4.78 is 38.5. The summed E-state index contributed by atoms with van der Waals surface area (Å²) >= 11 is 7.18. The lowest BCUT2D eigenvalue weighted by Crippen LogP contribution is -2.31. The van der Waals surface area contributed by atoms with Crippen molar-refractivity contribution < 1.29 is 13.2 Å². The number of thioether (sulfide) groups is 1. The Morgan fingerprint density at radius 1 is 0.745 bits per heavy atom. The Balaban J connectivity index is 0.000000159. The highest BCUT2D eigenvalue weighted by Crippen LogP contribution is 2.45. The normalized spacial score (nSPS) is 16.5. The first kappa shape index (κ1) is 38.6. The van der Waals surface area contributed by atoms with Gasteiger partial charge in [0.25, 0.3) is 0 Å². The van der Waals surface area contributed by atoms with E-state index in [9.17, 15) is 13.2 Å². The topological polar surface area (TPSA) is 135 Å². The molecular weight excluding hydrogens is 706 g/mol. The van der Waals surface area contributed by atoms with Crippen LogP contribution in [0.4, 0.5) is 35.9 Å². The van der Waals surface area contributed by atoms with Crippen LogP contribution in [0.2, 0.25) is 0 Å². The zero-order valence-corrected chi connectivity index (χ0v) is 29.7. The summed E-state index contributed by atoms with van der Waals surface area (Å²) in [6.45, 7) is 0. The van der Waals surface area contributed by atoms with Gasteiger partial charge in [-0.25, -0.2) is 13.2 Å². The Morgan fingerprint density at radius 2 is 1.37 bits per heavy atom. The number of nitrogens with two attached hydrogens (primary N) is 2.